The summed E-state index contributed by atoms with van der Waals surface area (Å²) in [5.41, 5.74) is 1.52. The van der Waals surface area contributed by atoms with E-state index in [1.165, 1.54) is 18.2 Å². The van der Waals surface area contributed by atoms with Crippen molar-refractivity contribution < 1.29 is 27.5 Å². The lowest BCUT2D eigenvalue weighted by molar-refractivity contribution is 0.0303. The van der Waals surface area contributed by atoms with Gasteiger partial charge in [0.2, 0.25) is 0 Å². The predicted octanol–water partition coefficient (Wildman–Crippen LogP) is 3.67. The number of benzene rings is 2. The van der Waals surface area contributed by atoms with Crippen molar-refractivity contribution in [3.63, 3.8) is 0 Å². The first kappa shape index (κ1) is 26.1. The maximum Gasteiger partial charge on any atom is 0.254 e. The molecule has 1 amide bonds. The Bertz CT molecular complexity index is 1310. The lowest BCUT2D eigenvalue weighted by Crippen LogP contribution is -2.40. The average molecular weight is 528 g/mol. The normalized spacial score (nSPS) is 17.9. The van der Waals surface area contributed by atoms with Crippen molar-refractivity contribution in [2.24, 2.45) is 0 Å². The second kappa shape index (κ2) is 11.9. The smallest absolute Gasteiger partial charge is 0.254 e. The van der Waals surface area contributed by atoms with Crippen molar-refractivity contribution >= 4 is 28.4 Å². The topological polar surface area (TPSA) is 75.5 Å². The van der Waals surface area contributed by atoms with Crippen LogP contribution < -0.4 is 15.2 Å². The quantitative estimate of drug-likeness (QED) is 0.515. The highest BCUT2D eigenvalue weighted by molar-refractivity contribution is 5.97. The molecule has 3 aromatic rings. The van der Waals surface area contributed by atoms with Gasteiger partial charge in [0, 0.05) is 62.7 Å². The number of hydrogen-bond donors (Lipinski definition) is 0. The van der Waals surface area contributed by atoms with Crippen LogP contribution in [0.15, 0.2) is 51.7 Å². The van der Waals surface area contributed by atoms with E-state index in [4.69, 9.17) is 13.9 Å². The SMILES string of the molecule is Fc1cc(F)cc(N2CCCC2)c1.O=C(c1ccc2oc(N3CCOCC3)cc(=O)c2c1)N1CCOCC1. The first-order chi connectivity index (χ1) is 18.5. The van der Waals surface area contributed by atoms with Gasteiger partial charge in [0.05, 0.1) is 31.8 Å². The number of rotatable bonds is 3. The Morgan fingerprint density at radius 2 is 1.37 bits per heavy atom. The van der Waals surface area contributed by atoms with Crippen molar-refractivity contribution in [1.82, 2.24) is 4.90 Å². The van der Waals surface area contributed by atoms with Gasteiger partial charge in [-0.2, -0.15) is 0 Å². The molecule has 0 bridgehead atoms. The van der Waals surface area contributed by atoms with E-state index < -0.39 is 11.6 Å². The summed E-state index contributed by atoms with van der Waals surface area (Å²) in [6, 6.07) is 10.2. The molecule has 10 heteroatoms. The van der Waals surface area contributed by atoms with Gasteiger partial charge in [-0.05, 0) is 43.2 Å². The molecular weight excluding hydrogens is 496 g/mol. The van der Waals surface area contributed by atoms with Gasteiger partial charge in [0.1, 0.15) is 17.2 Å². The zero-order chi connectivity index (χ0) is 26.5. The number of morpholine rings is 2. The highest BCUT2D eigenvalue weighted by Gasteiger charge is 2.20. The Morgan fingerprint density at radius 1 is 0.737 bits per heavy atom. The minimum atomic E-state index is -0.498. The first-order valence-corrected chi connectivity index (χ1v) is 13.0. The van der Waals surface area contributed by atoms with Gasteiger partial charge < -0.3 is 28.6 Å². The van der Waals surface area contributed by atoms with E-state index in [1.807, 2.05) is 9.80 Å². The highest BCUT2D eigenvalue weighted by atomic mass is 19.1. The number of carbonyl (C=O) groups is 1. The summed E-state index contributed by atoms with van der Waals surface area (Å²) >= 11 is 0. The fourth-order valence-electron chi connectivity index (χ4n) is 4.86. The Morgan fingerprint density at radius 3 is 2.03 bits per heavy atom. The van der Waals surface area contributed by atoms with Gasteiger partial charge in [-0.25, -0.2) is 8.78 Å². The van der Waals surface area contributed by atoms with Crippen LogP contribution in [0.1, 0.15) is 23.2 Å². The minimum Gasteiger partial charge on any atom is -0.440 e. The largest absolute Gasteiger partial charge is 0.440 e. The van der Waals surface area contributed by atoms with Crippen LogP contribution in [0.25, 0.3) is 11.0 Å². The monoisotopic (exact) mass is 527 g/mol. The van der Waals surface area contributed by atoms with Crippen molar-refractivity contribution in [3.8, 4) is 0 Å². The third kappa shape index (κ3) is 6.14. The minimum absolute atomic E-state index is 0.0816. The molecule has 8 nitrogen and oxygen atoms in total. The number of ether oxygens (including phenoxy) is 2. The second-order valence-corrected chi connectivity index (χ2v) is 9.49. The Balaban J connectivity index is 0.000000190. The van der Waals surface area contributed by atoms with E-state index in [0.29, 0.717) is 80.7 Å². The number of nitrogens with zero attached hydrogens (tertiary/aromatic N) is 3. The summed E-state index contributed by atoms with van der Waals surface area (Å²) in [6.45, 7) is 6.68. The molecule has 202 valence electrons. The van der Waals surface area contributed by atoms with Crippen molar-refractivity contribution in [3.05, 3.63) is 69.9 Å². The van der Waals surface area contributed by atoms with Crippen LogP contribution in [-0.2, 0) is 9.47 Å². The second-order valence-electron chi connectivity index (χ2n) is 9.49. The molecule has 0 atom stereocenters. The fourth-order valence-corrected chi connectivity index (χ4v) is 4.86. The molecule has 3 aliphatic heterocycles. The molecule has 3 saturated heterocycles. The molecule has 0 spiro atoms. The van der Waals surface area contributed by atoms with Crippen molar-refractivity contribution in [2.75, 3.05) is 75.5 Å². The third-order valence-corrected chi connectivity index (χ3v) is 6.90. The van der Waals surface area contributed by atoms with Gasteiger partial charge >= 0.3 is 0 Å². The molecule has 3 aliphatic rings. The standard InChI is InChI=1S/C18H20N2O5.C10H11F2N/c21-15-12-17(19-3-7-23-8-4-19)25-16-2-1-13(11-14(15)16)18(22)20-5-9-24-10-6-20;11-8-5-9(12)7-10(6-8)13-3-1-2-4-13/h1-2,11-12H,3-10H2;5-7H,1-4H2. The average Bonchev–Trinajstić information content (AvgIpc) is 3.49. The summed E-state index contributed by atoms with van der Waals surface area (Å²) in [6.07, 6.45) is 2.22. The molecule has 0 radical (unpaired) electrons. The fraction of sp³-hybridized carbons (Fsp3) is 0.429. The van der Waals surface area contributed by atoms with Gasteiger partial charge in [0.25, 0.3) is 5.91 Å². The lowest BCUT2D eigenvalue weighted by Gasteiger charge is -2.27. The van der Waals surface area contributed by atoms with Gasteiger partial charge in [-0.1, -0.05) is 0 Å². The first-order valence-electron chi connectivity index (χ1n) is 13.0. The molecule has 38 heavy (non-hydrogen) atoms. The Labute approximate surface area is 219 Å². The Hall–Kier alpha value is -3.50. The number of halogens is 2. The third-order valence-electron chi connectivity index (χ3n) is 6.90. The number of fused-ring (bicyclic) bond motifs is 1. The Kier molecular flexibility index (Phi) is 8.19. The molecule has 6 rings (SSSR count). The molecule has 2 aromatic carbocycles. The number of anilines is 2. The summed E-state index contributed by atoms with van der Waals surface area (Å²) in [4.78, 5) is 30.9. The number of amides is 1. The van der Waals surface area contributed by atoms with E-state index in [-0.39, 0.29) is 11.3 Å². The van der Waals surface area contributed by atoms with Crippen LogP contribution in [0.5, 0.6) is 0 Å². The number of carbonyl (C=O) groups excluding carboxylic acids is 1. The molecule has 0 aliphatic carbocycles. The maximum atomic E-state index is 12.8. The van der Waals surface area contributed by atoms with Gasteiger partial charge in [0.15, 0.2) is 11.3 Å². The molecule has 0 N–H and O–H groups in total. The van der Waals surface area contributed by atoms with Gasteiger partial charge in [-0.3, -0.25) is 9.59 Å². The molecular formula is C28H31F2N3O5. The van der Waals surface area contributed by atoms with Crippen LogP contribution >= 0.6 is 0 Å². The zero-order valence-electron chi connectivity index (χ0n) is 21.2. The molecule has 1 aromatic heterocycles. The van der Waals surface area contributed by atoms with E-state index in [9.17, 15) is 18.4 Å². The summed E-state index contributed by atoms with van der Waals surface area (Å²) in [7, 11) is 0. The van der Waals surface area contributed by atoms with Crippen LogP contribution in [-0.4, -0.2) is 76.5 Å². The van der Waals surface area contributed by atoms with Crippen molar-refractivity contribution in [1.29, 1.82) is 0 Å². The highest BCUT2D eigenvalue weighted by Crippen LogP contribution is 2.23. The lowest BCUT2D eigenvalue weighted by atomic mass is 10.1. The molecule has 3 fully saturated rings. The maximum absolute atomic E-state index is 12.8. The van der Waals surface area contributed by atoms with E-state index in [0.717, 1.165) is 32.0 Å². The van der Waals surface area contributed by atoms with E-state index in [2.05, 4.69) is 0 Å². The predicted molar refractivity (Wildman–Crippen MR) is 140 cm³/mol. The number of hydrogen-bond acceptors (Lipinski definition) is 7. The molecule has 0 unspecified atom stereocenters. The van der Waals surface area contributed by atoms with Crippen LogP contribution in [0.3, 0.4) is 0 Å². The van der Waals surface area contributed by atoms with E-state index in [1.54, 1.807) is 23.1 Å². The zero-order valence-corrected chi connectivity index (χ0v) is 21.2. The van der Waals surface area contributed by atoms with E-state index >= 15 is 0 Å². The summed E-state index contributed by atoms with van der Waals surface area (Å²) < 4.78 is 42.1. The summed E-state index contributed by atoms with van der Waals surface area (Å²) in [5.74, 6) is -0.529. The van der Waals surface area contributed by atoms with Crippen LogP contribution in [0.2, 0.25) is 0 Å². The summed E-state index contributed by atoms with van der Waals surface area (Å²) in [5, 5.41) is 0.427. The molecule has 0 saturated carbocycles. The molecule has 4 heterocycles. The van der Waals surface area contributed by atoms with Crippen LogP contribution in [0.4, 0.5) is 20.4 Å². The van der Waals surface area contributed by atoms with Gasteiger partial charge in [-0.15, -0.1) is 0 Å². The van der Waals surface area contributed by atoms with Crippen LogP contribution in [0, 0.1) is 11.6 Å². The van der Waals surface area contributed by atoms with Crippen molar-refractivity contribution in [2.45, 2.75) is 12.8 Å².